The standard InChI is InChI=1S/C17H21N5OS2.HI/c1-4-18-17(20-9-15-21-11(2)12(3)25-15)19-8-13-10-23-16(22-13)14-6-5-7-24-14;/h5-7,10H,4,8-9H2,1-3H3,(H2,18,19,20);1H. The lowest BCUT2D eigenvalue weighted by Crippen LogP contribution is -2.36. The van der Waals surface area contributed by atoms with Gasteiger partial charge in [0.15, 0.2) is 5.96 Å². The fourth-order valence-electron chi connectivity index (χ4n) is 2.17. The van der Waals surface area contributed by atoms with Crippen LogP contribution >= 0.6 is 46.7 Å². The third kappa shape index (κ3) is 5.52. The molecule has 0 unspecified atom stereocenters. The maximum atomic E-state index is 5.53. The Bertz CT molecular complexity index is 822. The molecule has 0 atom stereocenters. The summed E-state index contributed by atoms with van der Waals surface area (Å²) < 4.78 is 5.53. The van der Waals surface area contributed by atoms with Crippen LogP contribution in [0.25, 0.3) is 10.8 Å². The summed E-state index contributed by atoms with van der Waals surface area (Å²) >= 11 is 3.32. The molecule has 26 heavy (non-hydrogen) atoms. The minimum absolute atomic E-state index is 0. The number of guanidine groups is 1. The lowest BCUT2D eigenvalue weighted by Gasteiger charge is -2.09. The summed E-state index contributed by atoms with van der Waals surface area (Å²) in [6, 6.07) is 3.98. The van der Waals surface area contributed by atoms with Gasteiger partial charge in [0.1, 0.15) is 17.0 Å². The van der Waals surface area contributed by atoms with Gasteiger partial charge in [-0.05, 0) is 32.2 Å². The third-order valence-electron chi connectivity index (χ3n) is 3.51. The van der Waals surface area contributed by atoms with Gasteiger partial charge in [0, 0.05) is 11.4 Å². The largest absolute Gasteiger partial charge is 0.443 e. The second-order valence-corrected chi connectivity index (χ2v) is 7.65. The zero-order valence-corrected chi connectivity index (χ0v) is 18.9. The highest BCUT2D eigenvalue weighted by molar-refractivity contribution is 14.0. The molecule has 6 nitrogen and oxygen atoms in total. The Kier molecular flexibility index (Phi) is 8.04. The second-order valence-electron chi connectivity index (χ2n) is 5.42. The molecule has 9 heteroatoms. The molecule has 0 radical (unpaired) electrons. The van der Waals surface area contributed by atoms with Crippen molar-refractivity contribution in [3.8, 4) is 10.8 Å². The van der Waals surface area contributed by atoms with Crippen molar-refractivity contribution >= 4 is 52.6 Å². The molecule has 3 aromatic heterocycles. The number of aromatic nitrogens is 2. The molecule has 2 N–H and O–H groups in total. The van der Waals surface area contributed by atoms with Gasteiger partial charge in [-0.2, -0.15) is 0 Å². The van der Waals surface area contributed by atoms with E-state index in [1.54, 1.807) is 28.9 Å². The molecule has 0 aliphatic carbocycles. The molecular formula is C17H22IN5OS2. The lowest BCUT2D eigenvalue weighted by atomic mass is 10.4. The molecule has 3 heterocycles. The number of oxazole rings is 1. The molecule has 0 saturated heterocycles. The topological polar surface area (TPSA) is 75.3 Å². The van der Waals surface area contributed by atoms with Gasteiger partial charge in [-0.15, -0.1) is 46.7 Å². The minimum Gasteiger partial charge on any atom is -0.443 e. The summed E-state index contributed by atoms with van der Waals surface area (Å²) in [5.74, 6) is 1.39. The minimum atomic E-state index is 0. The van der Waals surface area contributed by atoms with E-state index in [9.17, 15) is 0 Å². The van der Waals surface area contributed by atoms with E-state index in [2.05, 4.69) is 32.5 Å². The van der Waals surface area contributed by atoms with E-state index in [4.69, 9.17) is 4.42 Å². The number of halogens is 1. The Hall–Kier alpha value is -1.46. The maximum absolute atomic E-state index is 5.53. The Balaban J connectivity index is 0.00000243. The fraction of sp³-hybridized carbons (Fsp3) is 0.353. The van der Waals surface area contributed by atoms with Crippen molar-refractivity contribution in [2.24, 2.45) is 4.99 Å². The van der Waals surface area contributed by atoms with Crippen LogP contribution in [0, 0.1) is 13.8 Å². The number of thiazole rings is 1. The fourth-order valence-corrected chi connectivity index (χ4v) is 3.70. The van der Waals surface area contributed by atoms with Crippen molar-refractivity contribution < 1.29 is 4.42 Å². The van der Waals surface area contributed by atoms with Gasteiger partial charge in [-0.25, -0.2) is 15.0 Å². The lowest BCUT2D eigenvalue weighted by molar-refractivity contribution is 0.574. The molecule has 140 valence electrons. The average Bonchev–Trinajstić information content (AvgIpc) is 3.32. The molecule has 0 aliphatic rings. The molecule has 0 amide bonds. The van der Waals surface area contributed by atoms with Gasteiger partial charge in [0.25, 0.3) is 0 Å². The first-order chi connectivity index (χ1) is 12.2. The van der Waals surface area contributed by atoms with Gasteiger partial charge in [0.2, 0.25) is 5.89 Å². The first-order valence-corrected chi connectivity index (χ1v) is 9.78. The normalized spacial score (nSPS) is 11.3. The van der Waals surface area contributed by atoms with Crippen molar-refractivity contribution in [1.29, 1.82) is 0 Å². The number of nitrogens with one attached hydrogen (secondary N) is 2. The van der Waals surface area contributed by atoms with Crippen molar-refractivity contribution in [3.05, 3.63) is 45.0 Å². The van der Waals surface area contributed by atoms with Crippen molar-refractivity contribution in [2.45, 2.75) is 33.9 Å². The van der Waals surface area contributed by atoms with Crippen LogP contribution in [0.4, 0.5) is 0 Å². The van der Waals surface area contributed by atoms with Crippen LogP contribution in [0.2, 0.25) is 0 Å². The summed E-state index contributed by atoms with van der Waals surface area (Å²) in [7, 11) is 0. The van der Waals surface area contributed by atoms with Crippen LogP contribution in [0.1, 0.15) is 28.2 Å². The summed E-state index contributed by atoms with van der Waals surface area (Å²) in [6.07, 6.45) is 1.66. The van der Waals surface area contributed by atoms with Gasteiger partial charge in [-0.3, -0.25) is 0 Å². The molecule has 0 bridgehead atoms. The number of nitrogens with zero attached hydrogens (tertiary/aromatic N) is 3. The van der Waals surface area contributed by atoms with E-state index in [1.165, 1.54) is 4.88 Å². The first-order valence-electron chi connectivity index (χ1n) is 8.09. The van der Waals surface area contributed by atoms with E-state index in [-0.39, 0.29) is 24.0 Å². The van der Waals surface area contributed by atoms with Crippen LogP contribution in [0.15, 0.2) is 33.2 Å². The number of thiophene rings is 1. The van der Waals surface area contributed by atoms with E-state index >= 15 is 0 Å². The van der Waals surface area contributed by atoms with E-state index in [1.807, 2.05) is 31.4 Å². The molecule has 0 aromatic carbocycles. The van der Waals surface area contributed by atoms with Gasteiger partial charge in [0.05, 0.1) is 23.7 Å². The highest BCUT2D eigenvalue weighted by Gasteiger charge is 2.08. The second kappa shape index (κ2) is 10.0. The molecule has 0 fully saturated rings. The highest BCUT2D eigenvalue weighted by Crippen LogP contribution is 2.23. The molecule has 0 spiro atoms. The predicted octanol–water partition coefficient (Wildman–Crippen LogP) is 4.35. The SMILES string of the molecule is CCNC(=NCc1coc(-c2cccs2)n1)NCc1nc(C)c(C)s1.I. The van der Waals surface area contributed by atoms with Crippen LogP contribution in [-0.2, 0) is 13.1 Å². The van der Waals surface area contributed by atoms with Crippen molar-refractivity contribution in [1.82, 2.24) is 20.6 Å². The van der Waals surface area contributed by atoms with Crippen LogP contribution in [0.5, 0.6) is 0 Å². The highest BCUT2D eigenvalue weighted by atomic mass is 127. The van der Waals surface area contributed by atoms with Crippen molar-refractivity contribution in [3.63, 3.8) is 0 Å². The van der Waals surface area contributed by atoms with E-state index in [0.29, 0.717) is 19.0 Å². The van der Waals surface area contributed by atoms with Crippen LogP contribution in [-0.4, -0.2) is 22.5 Å². The number of hydrogen-bond donors (Lipinski definition) is 2. The summed E-state index contributed by atoms with van der Waals surface area (Å²) in [5, 5.41) is 9.61. The van der Waals surface area contributed by atoms with Crippen LogP contribution < -0.4 is 10.6 Å². The Labute approximate surface area is 178 Å². The Morgan fingerprint density at radius 3 is 2.77 bits per heavy atom. The summed E-state index contributed by atoms with van der Waals surface area (Å²) in [4.78, 5) is 15.9. The van der Waals surface area contributed by atoms with Crippen molar-refractivity contribution in [2.75, 3.05) is 6.54 Å². The number of aliphatic imine (C=N–C) groups is 1. The zero-order chi connectivity index (χ0) is 17.6. The quantitative estimate of drug-likeness (QED) is 0.297. The van der Waals surface area contributed by atoms with Gasteiger partial charge in [-0.1, -0.05) is 6.07 Å². The monoisotopic (exact) mass is 503 g/mol. The Morgan fingerprint density at radius 1 is 1.27 bits per heavy atom. The number of aryl methyl sites for hydroxylation is 2. The van der Waals surface area contributed by atoms with Crippen LogP contribution in [0.3, 0.4) is 0 Å². The smallest absolute Gasteiger partial charge is 0.236 e. The van der Waals surface area contributed by atoms with E-state index < -0.39 is 0 Å². The Morgan fingerprint density at radius 2 is 2.12 bits per heavy atom. The zero-order valence-electron chi connectivity index (χ0n) is 14.9. The molecule has 3 aromatic rings. The van der Waals surface area contributed by atoms with E-state index in [0.717, 1.165) is 33.8 Å². The number of rotatable bonds is 6. The predicted molar refractivity (Wildman–Crippen MR) is 118 cm³/mol. The van der Waals surface area contributed by atoms with Gasteiger partial charge >= 0.3 is 0 Å². The molecular weight excluding hydrogens is 481 g/mol. The molecule has 0 saturated carbocycles. The number of hydrogen-bond acceptors (Lipinski definition) is 6. The average molecular weight is 503 g/mol. The first kappa shape index (κ1) is 20.8. The van der Waals surface area contributed by atoms with Gasteiger partial charge < -0.3 is 15.1 Å². The molecule has 0 aliphatic heterocycles. The summed E-state index contributed by atoms with van der Waals surface area (Å²) in [6.45, 7) is 8.07. The molecule has 3 rings (SSSR count). The summed E-state index contributed by atoms with van der Waals surface area (Å²) in [5.41, 5.74) is 1.90. The third-order valence-corrected chi connectivity index (χ3v) is 5.44. The maximum Gasteiger partial charge on any atom is 0.236 e.